The number of pyridine rings is 1. The smallest absolute Gasteiger partial charge is 0.145 e. The summed E-state index contributed by atoms with van der Waals surface area (Å²) in [5.41, 5.74) is 6.75. The number of fused-ring (bicyclic) bond motifs is 1. The Balaban J connectivity index is 2.79. The lowest BCUT2D eigenvalue weighted by molar-refractivity contribution is 0.419. The molecule has 3 nitrogen and oxygen atoms in total. The van der Waals surface area contributed by atoms with E-state index in [0.717, 1.165) is 5.39 Å². The Morgan fingerprint density at radius 2 is 2.12 bits per heavy atom. The molecule has 2 N–H and O–H groups in total. The summed E-state index contributed by atoms with van der Waals surface area (Å²) in [7, 11) is 1.58. The summed E-state index contributed by atoms with van der Waals surface area (Å²) in [5, 5.41) is 1.44. The molecule has 0 unspecified atom stereocenters. The SMILES string of the molecule is COc1ccc(Cl)c2ccc(C(N)=S)nc12. The van der Waals surface area contributed by atoms with Crippen LogP contribution in [0.5, 0.6) is 5.75 Å². The molecule has 0 radical (unpaired) electrons. The monoisotopic (exact) mass is 252 g/mol. The predicted molar refractivity (Wildman–Crippen MR) is 69.2 cm³/mol. The standard InChI is InChI=1S/C11H9ClN2OS/c1-15-9-5-3-7(12)6-2-4-8(11(13)16)14-10(6)9/h2-5H,1H3,(H2,13,16). The number of methoxy groups -OCH3 is 1. The third-order valence-corrected chi connectivity index (χ3v) is 2.78. The van der Waals surface area contributed by atoms with Crippen molar-refractivity contribution in [1.29, 1.82) is 0 Å². The van der Waals surface area contributed by atoms with Gasteiger partial charge in [0.1, 0.15) is 16.3 Å². The highest BCUT2D eigenvalue weighted by molar-refractivity contribution is 7.80. The molecule has 0 saturated carbocycles. The van der Waals surface area contributed by atoms with E-state index >= 15 is 0 Å². The van der Waals surface area contributed by atoms with Gasteiger partial charge in [0, 0.05) is 5.39 Å². The van der Waals surface area contributed by atoms with Gasteiger partial charge in [0.25, 0.3) is 0 Å². The fourth-order valence-corrected chi connectivity index (χ4v) is 1.79. The summed E-state index contributed by atoms with van der Waals surface area (Å²) < 4.78 is 5.21. The summed E-state index contributed by atoms with van der Waals surface area (Å²) in [4.78, 5) is 4.58. The fraction of sp³-hybridized carbons (Fsp3) is 0.0909. The molecule has 0 saturated heterocycles. The van der Waals surface area contributed by atoms with Gasteiger partial charge in [0.05, 0.1) is 17.8 Å². The maximum Gasteiger partial charge on any atom is 0.145 e. The highest BCUT2D eigenvalue weighted by Gasteiger charge is 2.08. The molecular weight excluding hydrogens is 244 g/mol. The van der Waals surface area contributed by atoms with Crippen LogP contribution in [0.2, 0.25) is 5.02 Å². The average molecular weight is 253 g/mol. The van der Waals surface area contributed by atoms with Gasteiger partial charge in [-0.3, -0.25) is 0 Å². The van der Waals surface area contributed by atoms with E-state index in [1.165, 1.54) is 0 Å². The Bertz CT molecular complexity index is 571. The quantitative estimate of drug-likeness (QED) is 0.835. The third-order valence-electron chi connectivity index (χ3n) is 2.24. The van der Waals surface area contributed by atoms with Gasteiger partial charge in [-0.25, -0.2) is 4.98 Å². The molecule has 82 valence electrons. The van der Waals surface area contributed by atoms with Crippen LogP contribution in [0.25, 0.3) is 10.9 Å². The number of nitrogens with zero attached hydrogens (tertiary/aromatic N) is 1. The number of aromatic nitrogens is 1. The van der Waals surface area contributed by atoms with Gasteiger partial charge in [-0.2, -0.15) is 0 Å². The molecule has 2 rings (SSSR count). The molecule has 5 heteroatoms. The Morgan fingerprint density at radius 1 is 1.38 bits per heavy atom. The minimum Gasteiger partial charge on any atom is -0.494 e. The van der Waals surface area contributed by atoms with E-state index in [9.17, 15) is 0 Å². The predicted octanol–water partition coefficient (Wildman–Crippen LogP) is 2.53. The molecule has 0 fully saturated rings. The molecule has 2 aromatic rings. The molecule has 1 heterocycles. The first-order chi connectivity index (χ1) is 7.63. The van der Waals surface area contributed by atoms with Crippen LogP contribution in [0.3, 0.4) is 0 Å². The normalized spacial score (nSPS) is 10.4. The van der Waals surface area contributed by atoms with Crippen LogP contribution < -0.4 is 10.5 Å². The first kappa shape index (κ1) is 11.1. The number of benzene rings is 1. The van der Waals surface area contributed by atoms with E-state index in [0.29, 0.717) is 22.0 Å². The number of hydrogen-bond donors (Lipinski definition) is 1. The second-order valence-corrected chi connectivity index (χ2v) is 4.05. The first-order valence-corrected chi connectivity index (χ1v) is 5.35. The zero-order valence-corrected chi connectivity index (χ0v) is 10.1. The van der Waals surface area contributed by atoms with Crippen LogP contribution in [0.15, 0.2) is 24.3 Å². The Labute approximate surface area is 103 Å². The van der Waals surface area contributed by atoms with Crippen LogP contribution >= 0.6 is 23.8 Å². The van der Waals surface area contributed by atoms with Crippen LogP contribution in [0.4, 0.5) is 0 Å². The van der Waals surface area contributed by atoms with Gasteiger partial charge in [0.15, 0.2) is 0 Å². The van der Waals surface area contributed by atoms with E-state index < -0.39 is 0 Å². The molecule has 1 aromatic carbocycles. The van der Waals surface area contributed by atoms with Crippen molar-refractivity contribution in [3.63, 3.8) is 0 Å². The molecule has 16 heavy (non-hydrogen) atoms. The second kappa shape index (κ2) is 4.23. The minimum atomic E-state index is 0.254. The number of rotatable bonds is 2. The van der Waals surface area contributed by atoms with Crippen LogP contribution in [-0.2, 0) is 0 Å². The lowest BCUT2D eigenvalue weighted by Gasteiger charge is -2.07. The summed E-state index contributed by atoms with van der Waals surface area (Å²) in [5.74, 6) is 0.650. The van der Waals surface area contributed by atoms with Crippen LogP contribution in [0, 0.1) is 0 Å². The maximum absolute atomic E-state index is 6.06. The first-order valence-electron chi connectivity index (χ1n) is 4.56. The number of nitrogens with two attached hydrogens (primary N) is 1. The van der Waals surface area contributed by atoms with Crippen molar-refractivity contribution in [2.24, 2.45) is 5.73 Å². The van der Waals surface area contributed by atoms with Gasteiger partial charge in [-0.1, -0.05) is 23.8 Å². The molecule has 0 aliphatic carbocycles. The Hall–Kier alpha value is -1.39. The van der Waals surface area contributed by atoms with Crippen LogP contribution in [0.1, 0.15) is 5.69 Å². The fourth-order valence-electron chi connectivity index (χ4n) is 1.46. The molecule has 0 bridgehead atoms. The van der Waals surface area contributed by atoms with E-state index in [1.807, 2.05) is 6.07 Å². The molecule has 0 aliphatic rings. The van der Waals surface area contributed by atoms with E-state index in [4.69, 9.17) is 34.3 Å². The Kier molecular flexibility index (Phi) is 2.94. The molecule has 1 aromatic heterocycles. The van der Waals surface area contributed by atoms with Crippen molar-refractivity contribution in [3.05, 3.63) is 35.0 Å². The van der Waals surface area contributed by atoms with Crippen molar-refractivity contribution in [2.75, 3.05) is 7.11 Å². The third kappa shape index (κ3) is 1.81. The van der Waals surface area contributed by atoms with Gasteiger partial charge >= 0.3 is 0 Å². The van der Waals surface area contributed by atoms with E-state index in [2.05, 4.69) is 4.98 Å². The zero-order chi connectivity index (χ0) is 11.7. The lowest BCUT2D eigenvalue weighted by atomic mass is 10.2. The van der Waals surface area contributed by atoms with Crippen molar-refractivity contribution < 1.29 is 4.74 Å². The number of thiocarbonyl (C=S) groups is 1. The van der Waals surface area contributed by atoms with E-state index in [1.54, 1.807) is 25.3 Å². The maximum atomic E-state index is 6.06. The second-order valence-electron chi connectivity index (χ2n) is 3.21. The summed E-state index contributed by atoms with van der Waals surface area (Å²) >= 11 is 10.9. The van der Waals surface area contributed by atoms with Gasteiger partial charge in [-0.05, 0) is 24.3 Å². The van der Waals surface area contributed by atoms with E-state index in [-0.39, 0.29) is 4.99 Å². The zero-order valence-electron chi connectivity index (χ0n) is 8.53. The highest BCUT2D eigenvalue weighted by Crippen LogP contribution is 2.29. The highest BCUT2D eigenvalue weighted by atomic mass is 35.5. The van der Waals surface area contributed by atoms with Crippen molar-refractivity contribution in [3.8, 4) is 5.75 Å². The summed E-state index contributed by atoms with van der Waals surface area (Å²) in [6.45, 7) is 0. The average Bonchev–Trinajstić information content (AvgIpc) is 2.29. The minimum absolute atomic E-state index is 0.254. The van der Waals surface area contributed by atoms with Gasteiger partial charge in [-0.15, -0.1) is 0 Å². The van der Waals surface area contributed by atoms with Crippen LogP contribution in [-0.4, -0.2) is 17.1 Å². The number of ether oxygens (including phenoxy) is 1. The topological polar surface area (TPSA) is 48.1 Å². The van der Waals surface area contributed by atoms with Gasteiger partial charge < -0.3 is 10.5 Å². The molecule has 0 aliphatic heterocycles. The van der Waals surface area contributed by atoms with Crippen molar-refractivity contribution in [1.82, 2.24) is 4.98 Å². The van der Waals surface area contributed by atoms with Gasteiger partial charge in [0.2, 0.25) is 0 Å². The Morgan fingerprint density at radius 3 is 2.75 bits per heavy atom. The molecular formula is C11H9ClN2OS. The largest absolute Gasteiger partial charge is 0.494 e. The molecule has 0 amide bonds. The molecule has 0 spiro atoms. The number of hydrogen-bond acceptors (Lipinski definition) is 3. The summed E-state index contributed by atoms with van der Waals surface area (Å²) in [6, 6.07) is 7.11. The summed E-state index contributed by atoms with van der Waals surface area (Å²) in [6.07, 6.45) is 0. The van der Waals surface area contributed by atoms with Crippen molar-refractivity contribution in [2.45, 2.75) is 0 Å². The van der Waals surface area contributed by atoms with Crippen molar-refractivity contribution >= 4 is 39.7 Å². The molecule has 0 atom stereocenters. The lowest BCUT2D eigenvalue weighted by Crippen LogP contribution is -2.11. The number of halogens is 1.